The Bertz CT molecular complexity index is 962. The van der Waals surface area contributed by atoms with E-state index in [2.05, 4.69) is 38.8 Å². The van der Waals surface area contributed by atoms with Gasteiger partial charge in [0.05, 0.1) is 12.2 Å². The van der Waals surface area contributed by atoms with Gasteiger partial charge in [-0.3, -0.25) is 9.88 Å². The predicted molar refractivity (Wildman–Crippen MR) is 112 cm³/mol. The van der Waals surface area contributed by atoms with Gasteiger partial charge in [-0.1, -0.05) is 6.92 Å². The fourth-order valence-electron chi connectivity index (χ4n) is 4.21. The standard InChI is InChI=1S/C23H27N5O/c1-17-6-11-28(12-7-17)22-5-4-20(29-22)16-27-10-8-21-19(15-27)14-25-23(26-21)18-3-2-9-24-13-18/h2-5,9,13-14,17H,6-8,10-12,15-16H2,1H3. The van der Waals surface area contributed by atoms with Crippen molar-refractivity contribution in [2.75, 3.05) is 24.5 Å². The minimum Gasteiger partial charge on any atom is -0.444 e. The highest BCUT2D eigenvalue weighted by Crippen LogP contribution is 2.27. The fourth-order valence-corrected chi connectivity index (χ4v) is 4.21. The average molecular weight is 390 g/mol. The highest BCUT2D eigenvalue weighted by Gasteiger charge is 2.22. The first-order valence-corrected chi connectivity index (χ1v) is 10.6. The van der Waals surface area contributed by atoms with Gasteiger partial charge in [0, 0.05) is 68.4 Å². The molecule has 0 radical (unpaired) electrons. The van der Waals surface area contributed by atoms with Crippen LogP contribution in [-0.4, -0.2) is 39.5 Å². The van der Waals surface area contributed by atoms with E-state index < -0.39 is 0 Å². The Morgan fingerprint density at radius 2 is 2.00 bits per heavy atom. The molecule has 0 spiro atoms. The van der Waals surface area contributed by atoms with Crippen LogP contribution >= 0.6 is 0 Å². The summed E-state index contributed by atoms with van der Waals surface area (Å²) in [5.74, 6) is 3.65. The molecule has 29 heavy (non-hydrogen) atoms. The summed E-state index contributed by atoms with van der Waals surface area (Å²) in [6.07, 6.45) is 8.99. The summed E-state index contributed by atoms with van der Waals surface area (Å²) < 4.78 is 6.17. The minimum absolute atomic E-state index is 0.761. The molecule has 5 heterocycles. The normalized spacial score (nSPS) is 18.0. The number of fused-ring (bicyclic) bond motifs is 1. The predicted octanol–water partition coefficient (Wildman–Crippen LogP) is 3.93. The van der Waals surface area contributed by atoms with Crippen molar-refractivity contribution in [3.05, 3.63) is 59.9 Å². The van der Waals surface area contributed by atoms with Crippen LogP contribution < -0.4 is 4.90 Å². The first-order chi connectivity index (χ1) is 14.2. The van der Waals surface area contributed by atoms with Crippen molar-refractivity contribution < 1.29 is 4.42 Å². The van der Waals surface area contributed by atoms with Gasteiger partial charge in [-0.2, -0.15) is 0 Å². The lowest BCUT2D eigenvalue weighted by Crippen LogP contribution is -2.32. The second-order valence-corrected chi connectivity index (χ2v) is 8.28. The van der Waals surface area contributed by atoms with Crippen molar-refractivity contribution in [2.45, 2.75) is 39.3 Å². The van der Waals surface area contributed by atoms with Crippen molar-refractivity contribution >= 4 is 5.88 Å². The van der Waals surface area contributed by atoms with Gasteiger partial charge in [0.25, 0.3) is 0 Å². The molecular weight excluding hydrogens is 362 g/mol. The van der Waals surface area contributed by atoms with Crippen molar-refractivity contribution in [3.8, 4) is 11.4 Å². The Morgan fingerprint density at radius 3 is 2.83 bits per heavy atom. The molecule has 6 heteroatoms. The maximum Gasteiger partial charge on any atom is 0.195 e. The van der Waals surface area contributed by atoms with E-state index in [9.17, 15) is 0 Å². The molecule has 0 atom stereocenters. The molecule has 0 N–H and O–H groups in total. The summed E-state index contributed by atoms with van der Waals surface area (Å²) in [7, 11) is 0. The Balaban J connectivity index is 1.24. The Kier molecular flexibility index (Phi) is 5.02. The van der Waals surface area contributed by atoms with Gasteiger partial charge in [-0.15, -0.1) is 0 Å². The lowest BCUT2D eigenvalue weighted by atomic mass is 9.99. The maximum absolute atomic E-state index is 6.17. The fraction of sp³-hybridized carbons (Fsp3) is 0.435. The third-order valence-corrected chi connectivity index (χ3v) is 6.05. The zero-order valence-corrected chi connectivity index (χ0v) is 16.9. The molecule has 1 fully saturated rings. The molecule has 2 aliphatic heterocycles. The van der Waals surface area contributed by atoms with Crippen LogP contribution in [0.1, 0.15) is 36.8 Å². The van der Waals surface area contributed by atoms with Crippen LogP contribution in [-0.2, 0) is 19.5 Å². The summed E-state index contributed by atoms with van der Waals surface area (Å²) in [6.45, 7) is 7.20. The van der Waals surface area contributed by atoms with Crippen LogP contribution in [0.4, 0.5) is 5.88 Å². The molecule has 150 valence electrons. The first-order valence-electron chi connectivity index (χ1n) is 10.6. The van der Waals surface area contributed by atoms with Crippen molar-refractivity contribution in [1.82, 2.24) is 19.9 Å². The second-order valence-electron chi connectivity index (χ2n) is 8.28. The van der Waals surface area contributed by atoms with E-state index in [1.165, 1.54) is 18.4 Å². The third-order valence-electron chi connectivity index (χ3n) is 6.05. The number of aromatic nitrogens is 3. The Morgan fingerprint density at radius 1 is 1.10 bits per heavy atom. The Hall–Kier alpha value is -2.73. The maximum atomic E-state index is 6.17. The SMILES string of the molecule is CC1CCN(c2ccc(CN3CCc4nc(-c5cccnc5)ncc4C3)o2)CC1. The molecule has 6 nitrogen and oxygen atoms in total. The number of anilines is 1. The zero-order valence-electron chi connectivity index (χ0n) is 16.9. The van der Waals surface area contributed by atoms with Crippen molar-refractivity contribution in [3.63, 3.8) is 0 Å². The topological polar surface area (TPSA) is 58.3 Å². The number of rotatable bonds is 4. The quantitative estimate of drug-likeness (QED) is 0.674. The van der Waals surface area contributed by atoms with E-state index in [1.807, 2.05) is 24.5 Å². The van der Waals surface area contributed by atoms with E-state index in [0.29, 0.717) is 0 Å². The molecule has 1 saturated heterocycles. The van der Waals surface area contributed by atoms with E-state index in [1.54, 1.807) is 6.20 Å². The van der Waals surface area contributed by atoms with Crippen LogP contribution in [0.2, 0.25) is 0 Å². The molecule has 0 aliphatic carbocycles. The Labute approximate surface area is 171 Å². The molecule has 5 rings (SSSR count). The number of hydrogen-bond acceptors (Lipinski definition) is 6. The highest BCUT2D eigenvalue weighted by atomic mass is 16.4. The number of piperidine rings is 1. The lowest BCUT2D eigenvalue weighted by Gasteiger charge is -2.30. The van der Waals surface area contributed by atoms with Crippen LogP contribution in [0.3, 0.4) is 0 Å². The van der Waals surface area contributed by atoms with Crippen LogP contribution in [0.15, 0.2) is 47.3 Å². The summed E-state index contributed by atoms with van der Waals surface area (Å²) in [6, 6.07) is 8.18. The monoisotopic (exact) mass is 389 g/mol. The number of nitrogens with zero attached hydrogens (tertiary/aromatic N) is 5. The first kappa shape index (κ1) is 18.3. The summed E-state index contributed by atoms with van der Waals surface area (Å²) >= 11 is 0. The molecule has 0 aromatic carbocycles. The second kappa shape index (κ2) is 7.95. The van der Waals surface area contributed by atoms with Gasteiger partial charge in [0.1, 0.15) is 5.76 Å². The highest BCUT2D eigenvalue weighted by molar-refractivity contribution is 5.53. The van der Waals surface area contributed by atoms with E-state index in [0.717, 1.165) is 73.8 Å². The van der Waals surface area contributed by atoms with E-state index >= 15 is 0 Å². The molecular formula is C23H27N5O. The van der Waals surface area contributed by atoms with E-state index in [-0.39, 0.29) is 0 Å². The average Bonchev–Trinajstić information content (AvgIpc) is 3.23. The van der Waals surface area contributed by atoms with Gasteiger partial charge < -0.3 is 9.32 Å². The molecule has 0 bridgehead atoms. The molecule has 0 amide bonds. The molecule has 0 unspecified atom stereocenters. The lowest BCUT2D eigenvalue weighted by molar-refractivity contribution is 0.223. The zero-order chi connectivity index (χ0) is 19.6. The molecule has 3 aromatic rings. The van der Waals surface area contributed by atoms with Gasteiger partial charge in [0.2, 0.25) is 0 Å². The van der Waals surface area contributed by atoms with Crippen LogP contribution in [0.25, 0.3) is 11.4 Å². The van der Waals surface area contributed by atoms with E-state index in [4.69, 9.17) is 9.40 Å². The van der Waals surface area contributed by atoms with Crippen molar-refractivity contribution in [1.29, 1.82) is 0 Å². The minimum atomic E-state index is 0.761. The largest absolute Gasteiger partial charge is 0.444 e. The van der Waals surface area contributed by atoms with Gasteiger partial charge in [-0.05, 0) is 37.0 Å². The van der Waals surface area contributed by atoms with Gasteiger partial charge >= 0.3 is 0 Å². The molecule has 3 aromatic heterocycles. The third kappa shape index (κ3) is 4.03. The number of hydrogen-bond donors (Lipinski definition) is 0. The van der Waals surface area contributed by atoms with Gasteiger partial charge in [0.15, 0.2) is 11.7 Å². The van der Waals surface area contributed by atoms with Crippen LogP contribution in [0.5, 0.6) is 0 Å². The summed E-state index contributed by atoms with van der Waals surface area (Å²) in [5, 5.41) is 0. The van der Waals surface area contributed by atoms with Crippen LogP contribution in [0, 0.1) is 5.92 Å². The summed E-state index contributed by atoms with van der Waals surface area (Å²) in [5.41, 5.74) is 3.33. The number of furan rings is 1. The van der Waals surface area contributed by atoms with Gasteiger partial charge in [-0.25, -0.2) is 9.97 Å². The van der Waals surface area contributed by atoms with Crippen molar-refractivity contribution in [2.24, 2.45) is 5.92 Å². The molecule has 2 aliphatic rings. The smallest absolute Gasteiger partial charge is 0.195 e. The summed E-state index contributed by atoms with van der Waals surface area (Å²) in [4.78, 5) is 18.3. The molecule has 0 saturated carbocycles. The number of pyridine rings is 1.